The van der Waals surface area contributed by atoms with Crippen molar-refractivity contribution in [2.24, 2.45) is 10.8 Å². The van der Waals surface area contributed by atoms with Gasteiger partial charge in [0.15, 0.2) is 5.76 Å². The van der Waals surface area contributed by atoms with Crippen LogP contribution in [0.4, 0.5) is 0 Å². The summed E-state index contributed by atoms with van der Waals surface area (Å²) in [6, 6.07) is 5.14. The van der Waals surface area contributed by atoms with E-state index >= 15 is 0 Å². The Morgan fingerprint density at radius 2 is 2.28 bits per heavy atom. The van der Waals surface area contributed by atoms with Crippen molar-refractivity contribution in [3.05, 3.63) is 77.4 Å². The lowest BCUT2D eigenvalue weighted by atomic mass is 10.1. The lowest BCUT2D eigenvalue weighted by Gasteiger charge is -2.02. The van der Waals surface area contributed by atoms with E-state index in [0.717, 1.165) is 11.1 Å². The van der Waals surface area contributed by atoms with E-state index in [-0.39, 0.29) is 12.3 Å². The zero-order chi connectivity index (χ0) is 18.1. The maximum Gasteiger partial charge on any atom is 0.193 e. The van der Waals surface area contributed by atoms with Crippen LogP contribution in [0.25, 0.3) is 0 Å². The fraction of sp³-hybridized carbons (Fsp3) is 0.167. The molecule has 7 heteroatoms. The summed E-state index contributed by atoms with van der Waals surface area (Å²) in [5.74, 6) is 0.805. The summed E-state index contributed by atoms with van der Waals surface area (Å²) in [7, 11) is 1.74. The summed E-state index contributed by atoms with van der Waals surface area (Å²) < 4.78 is 0. The van der Waals surface area contributed by atoms with Gasteiger partial charge in [0.2, 0.25) is 0 Å². The molecule has 0 aliphatic carbocycles. The molecule has 0 unspecified atom stereocenters. The molecule has 0 fully saturated rings. The van der Waals surface area contributed by atoms with Gasteiger partial charge in [0.25, 0.3) is 0 Å². The number of nitrogens with one attached hydrogen (secondary N) is 1. The highest BCUT2D eigenvalue weighted by Gasteiger charge is 2.14. The quantitative estimate of drug-likeness (QED) is 0.305. The van der Waals surface area contributed by atoms with Crippen molar-refractivity contribution in [1.29, 1.82) is 0 Å². The van der Waals surface area contributed by atoms with Crippen LogP contribution in [0, 0.1) is 0 Å². The number of hydrogen-bond acceptors (Lipinski definition) is 7. The zero-order valence-electron chi connectivity index (χ0n) is 14.2. The van der Waals surface area contributed by atoms with Crippen molar-refractivity contribution >= 4 is 6.21 Å². The number of hydrazone groups is 1. The number of hydrogen-bond donors (Lipinski definition) is 3. The van der Waals surface area contributed by atoms with Crippen molar-refractivity contribution in [3.63, 3.8) is 0 Å². The molecule has 0 atom stereocenters. The number of aromatic hydroxyl groups is 1. The summed E-state index contributed by atoms with van der Waals surface area (Å²) in [4.78, 5) is 9.99. The fourth-order valence-electron chi connectivity index (χ4n) is 2.03. The summed E-state index contributed by atoms with van der Waals surface area (Å²) in [5.41, 5.74) is 10.7. The number of hydroxylamine groups is 2. The van der Waals surface area contributed by atoms with Crippen molar-refractivity contribution in [2.45, 2.75) is 13.5 Å². The molecule has 1 heterocycles. The summed E-state index contributed by atoms with van der Waals surface area (Å²) in [5, 5.41) is 15.2. The van der Waals surface area contributed by atoms with E-state index in [4.69, 9.17) is 15.6 Å². The number of phenols is 1. The molecule has 4 N–H and O–H groups in total. The minimum atomic E-state index is 0.187. The molecule has 0 saturated heterocycles. The fourth-order valence-corrected chi connectivity index (χ4v) is 2.03. The van der Waals surface area contributed by atoms with Gasteiger partial charge in [0.05, 0.1) is 12.4 Å². The van der Waals surface area contributed by atoms with Gasteiger partial charge in [-0.15, -0.1) is 0 Å². The van der Waals surface area contributed by atoms with Crippen LogP contribution in [-0.4, -0.2) is 23.4 Å². The van der Waals surface area contributed by atoms with E-state index in [9.17, 15) is 5.11 Å². The molecule has 0 saturated carbocycles. The predicted molar refractivity (Wildman–Crippen MR) is 96.8 cm³/mol. The SMILES string of the molecule is C\C=C/C(=C\C=C\N/N=C/c1ccc(O)c(CN)c1)C1=CN(C)OO1. The molecule has 132 valence electrons. The molecule has 7 nitrogen and oxygen atoms in total. The molecule has 0 aromatic heterocycles. The Labute approximate surface area is 146 Å². The molecule has 25 heavy (non-hydrogen) atoms. The Hall–Kier alpha value is -3.03. The lowest BCUT2D eigenvalue weighted by Crippen LogP contribution is -2.02. The van der Waals surface area contributed by atoms with Crippen molar-refractivity contribution in [3.8, 4) is 5.75 Å². The number of nitrogens with two attached hydrogens (primary N) is 1. The molecule has 1 aliphatic heterocycles. The first-order chi connectivity index (χ1) is 12.1. The van der Waals surface area contributed by atoms with Crippen molar-refractivity contribution < 1.29 is 15.0 Å². The first-order valence-electron chi connectivity index (χ1n) is 7.73. The van der Waals surface area contributed by atoms with Gasteiger partial charge >= 0.3 is 0 Å². The van der Waals surface area contributed by atoms with E-state index < -0.39 is 0 Å². The normalized spacial score (nSPS) is 15.4. The maximum atomic E-state index is 9.59. The number of nitrogens with zero attached hydrogens (tertiary/aromatic N) is 2. The molecule has 0 radical (unpaired) electrons. The van der Waals surface area contributed by atoms with Gasteiger partial charge in [0.1, 0.15) is 5.75 Å². The standard InChI is InChI=1S/C18H22N4O3/c1-3-5-15(18-13-22(2)25-24-18)6-4-9-20-21-12-14-7-8-17(23)16(10-14)11-19/h3-10,12-13,20,23H,11,19H2,1-2H3/b5-3-,9-4+,15-6+,21-12+. The van der Waals surface area contributed by atoms with Gasteiger partial charge in [0, 0.05) is 30.9 Å². The van der Waals surface area contributed by atoms with E-state index in [2.05, 4.69) is 10.5 Å². The minimum absolute atomic E-state index is 0.187. The number of phenolic OH excluding ortho intramolecular Hbond substituents is 1. The largest absolute Gasteiger partial charge is 0.508 e. The maximum absolute atomic E-state index is 9.59. The molecule has 0 amide bonds. The van der Waals surface area contributed by atoms with Crippen molar-refractivity contribution in [1.82, 2.24) is 10.5 Å². The Morgan fingerprint density at radius 1 is 1.44 bits per heavy atom. The van der Waals surface area contributed by atoms with Crippen LogP contribution < -0.4 is 11.2 Å². The van der Waals surface area contributed by atoms with Gasteiger partial charge in [-0.05, 0) is 42.8 Å². The molecule has 0 spiro atoms. The minimum Gasteiger partial charge on any atom is -0.508 e. The average Bonchev–Trinajstić information content (AvgIpc) is 3.04. The Bertz CT molecular complexity index is 736. The highest BCUT2D eigenvalue weighted by Crippen LogP contribution is 2.20. The van der Waals surface area contributed by atoms with Gasteiger partial charge in [-0.3, -0.25) is 5.43 Å². The van der Waals surface area contributed by atoms with Crippen LogP contribution in [0.3, 0.4) is 0 Å². The lowest BCUT2D eigenvalue weighted by molar-refractivity contribution is -0.353. The predicted octanol–water partition coefficient (Wildman–Crippen LogP) is 2.44. The molecule has 2 rings (SSSR count). The first kappa shape index (κ1) is 18.3. The smallest absolute Gasteiger partial charge is 0.193 e. The summed E-state index contributed by atoms with van der Waals surface area (Å²) >= 11 is 0. The Balaban J connectivity index is 1.94. The monoisotopic (exact) mass is 342 g/mol. The average molecular weight is 342 g/mol. The third-order valence-electron chi connectivity index (χ3n) is 3.23. The highest BCUT2D eigenvalue weighted by molar-refractivity contribution is 5.80. The van der Waals surface area contributed by atoms with E-state index in [1.165, 1.54) is 5.06 Å². The van der Waals surface area contributed by atoms with Gasteiger partial charge in [-0.25, -0.2) is 5.06 Å². The second-order valence-electron chi connectivity index (χ2n) is 5.16. The van der Waals surface area contributed by atoms with E-state index in [1.807, 2.05) is 25.2 Å². The van der Waals surface area contributed by atoms with Crippen molar-refractivity contribution in [2.75, 3.05) is 7.05 Å². The first-order valence-corrected chi connectivity index (χ1v) is 7.73. The molecular formula is C18H22N4O3. The van der Waals surface area contributed by atoms with Crippen LogP contribution in [0.2, 0.25) is 0 Å². The van der Waals surface area contributed by atoms with Gasteiger partial charge in [-0.2, -0.15) is 5.10 Å². The summed E-state index contributed by atoms with van der Waals surface area (Å²) in [6.45, 7) is 2.20. The zero-order valence-corrected chi connectivity index (χ0v) is 14.2. The van der Waals surface area contributed by atoms with Gasteiger partial charge < -0.3 is 15.7 Å². The van der Waals surface area contributed by atoms with Crippen LogP contribution in [0.1, 0.15) is 18.1 Å². The Morgan fingerprint density at radius 3 is 2.96 bits per heavy atom. The van der Waals surface area contributed by atoms with Crippen LogP contribution in [0.15, 0.2) is 71.3 Å². The van der Waals surface area contributed by atoms with E-state index in [0.29, 0.717) is 11.3 Å². The molecular weight excluding hydrogens is 320 g/mol. The number of benzene rings is 1. The highest BCUT2D eigenvalue weighted by atomic mass is 17.3. The van der Waals surface area contributed by atoms with E-state index in [1.54, 1.807) is 49.9 Å². The van der Waals surface area contributed by atoms with Crippen LogP contribution >= 0.6 is 0 Å². The molecule has 1 aliphatic rings. The topological polar surface area (TPSA) is 92.3 Å². The molecule has 1 aromatic carbocycles. The van der Waals surface area contributed by atoms with Crippen LogP contribution in [-0.2, 0) is 16.4 Å². The Kier molecular flexibility index (Phi) is 6.82. The molecule has 1 aromatic rings. The van der Waals surface area contributed by atoms with Gasteiger partial charge in [-0.1, -0.05) is 17.1 Å². The molecule has 0 bridgehead atoms. The number of allylic oxidation sites excluding steroid dienone is 4. The van der Waals surface area contributed by atoms with Crippen LogP contribution in [0.5, 0.6) is 5.75 Å². The second kappa shape index (κ2) is 9.31. The third-order valence-corrected chi connectivity index (χ3v) is 3.23. The summed E-state index contributed by atoms with van der Waals surface area (Å²) in [6.07, 6.45) is 12.6. The second-order valence-corrected chi connectivity index (χ2v) is 5.16. The number of rotatable bonds is 7. The third kappa shape index (κ3) is 5.52.